The number of urea groups is 1. The van der Waals surface area contributed by atoms with E-state index in [1.807, 2.05) is 20.8 Å². The number of amides is 2. The third-order valence-electron chi connectivity index (χ3n) is 6.41. The largest absolute Gasteiger partial charge is 0.448 e. The zero-order chi connectivity index (χ0) is 23.8. The van der Waals surface area contributed by atoms with Crippen LogP contribution in [-0.4, -0.2) is 59.2 Å². The van der Waals surface area contributed by atoms with Gasteiger partial charge in [0.15, 0.2) is 5.89 Å². The zero-order valence-electron chi connectivity index (χ0n) is 19.2. The van der Waals surface area contributed by atoms with Crippen molar-refractivity contribution in [3.05, 3.63) is 53.2 Å². The van der Waals surface area contributed by atoms with Gasteiger partial charge in [0.05, 0.1) is 35.9 Å². The molecule has 3 heterocycles. The van der Waals surface area contributed by atoms with Crippen LogP contribution < -0.4 is 0 Å². The molecule has 0 N–H and O–H groups in total. The Labute approximate surface area is 191 Å². The molecule has 2 unspecified atom stereocenters. The predicted molar refractivity (Wildman–Crippen MR) is 116 cm³/mol. The summed E-state index contributed by atoms with van der Waals surface area (Å²) in [6, 6.07) is 5.16. The lowest BCUT2D eigenvalue weighted by atomic mass is 9.84. The number of aromatic nitrogens is 1. The van der Waals surface area contributed by atoms with Crippen molar-refractivity contribution in [3.63, 3.8) is 0 Å². The third-order valence-corrected chi connectivity index (χ3v) is 6.41. The predicted octanol–water partition coefficient (Wildman–Crippen LogP) is 5.06. The Balaban J connectivity index is 1.59. The van der Waals surface area contributed by atoms with Crippen molar-refractivity contribution in [1.82, 2.24) is 14.8 Å². The van der Waals surface area contributed by atoms with E-state index in [9.17, 15) is 18.0 Å². The van der Waals surface area contributed by atoms with Crippen LogP contribution in [0.25, 0.3) is 0 Å². The first-order valence-electron chi connectivity index (χ1n) is 11.3. The van der Waals surface area contributed by atoms with E-state index in [0.29, 0.717) is 45.1 Å². The molecule has 0 bridgehead atoms. The Hall–Kier alpha value is -2.55. The number of alkyl halides is 3. The summed E-state index contributed by atoms with van der Waals surface area (Å²) < 4.78 is 50.5. The minimum atomic E-state index is -4.38. The van der Waals surface area contributed by atoms with Crippen molar-refractivity contribution in [2.24, 2.45) is 0 Å². The van der Waals surface area contributed by atoms with Crippen LogP contribution in [0, 0.1) is 0 Å². The molecule has 2 aromatic rings. The molecule has 180 valence electrons. The van der Waals surface area contributed by atoms with E-state index in [4.69, 9.17) is 9.15 Å². The summed E-state index contributed by atoms with van der Waals surface area (Å²) in [5.41, 5.74) is 0.515. The van der Waals surface area contributed by atoms with E-state index in [0.717, 1.165) is 29.8 Å². The first-order valence-corrected chi connectivity index (χ1v) is 11.3. The van der Waals surface area contributed by atoms with Crippen LogP contribution in [0.4, 0.5) is 18.0 Å². The van der Waals surface area contributed by atoms with Gasteiger partial charge >= 0.3 is 12.2 Å². The summed E-state index contributed by atoms with van der Waals surface area (Å²) in [5.74, 6) is 0.314. The normalized spacial score (nSPS) is 23.6. The first kappa shape index (κ1) is 23.6. The monoisotopic (exact) mass is 465 g/mol. The standard InChI is InChI=1S/C24H30F3N3O3/c1-4-20-14-32-21(28-20)18-11-17(16-5-7-19(8-6-16)24(25,26)27)12-30(13-18)22(31)29-9-10-33-23(2,3)15-29/h5-8,14,17-18H,4,9-13,15H2,1-3H3. The fourth-order valence-electron chi connectivity index (χ4n) is 4.67. The van der Waals surface area contributed by atoms with Gasteiger partial charge in [0.1, 0.15) is 6.26 Å². The number of ether oxygens (including phenoxy) is 1. The minimum Gasteiger partial charge on any atom is -0.448 e. The van der Waals surface area contributed by atoms with Gasteiger partial charge in [-0.05, 0) is 44.4 Å². The van der Waals surface area contributed by atoms with Crippen LogP contribution in [0.5, 0.6) is 0 Å². The number of piperidine rings is 1. The van der Waals surface area contributed by atoms with Crippen LogP contribution in [0.1, 0.15) is 61.7 Å². The second kappa shape index (κ2) is 9.00. The van der Waals surface area contributed by atoms with Crippen molar-refractivity contribution in [2.75, 3.05) is 32.8 Å². The average Bonchev–Trinajstić information content (AvgIpc) is 3.26. The number of oxazole rings is 1. The Bertz CT molecular complexity index is 971. The zero-order valence-corrected chi connectivity index (χ0v) is 19.2. The van der Waals surface area contributed by atoms with E-state index in [2.05, 4.69) is 4.98 Å². The molecule has 9 heteroatoms. The highest BCUT2D eigenvalue weighted by Crippen LogP contribution is 2.37. The van der Waals surface area contributed by atoms with Gasteiger partial charge in [-0.3, -0.25) is 0 Å². The molecule has 0 saturated carbocycles. The lowest BCUT2D eigenvalue weighted by Gasteiger charge is -2.43. The van der Waals surface area contributed by atoms with E-state index in [1.54, 1.807) is 16.1 Å². The minimum absolute atomic E-state index is 0.0877. The second-order valence-corrected chi connectivity index (χ2v) is 9.50. The van der Waals surface area contributed by atoms with Gasteiger partial charge in [-0.25, -0.2) is 9.78 Å². The van der Waals surface area contributed by atoms with Crippen molar-refractivity contribution >= 4 is 6.03 Å². The summed E-state index contributed by atoms with van der Waals surface area (Å²) in [6.07, 6.45) is -1.36. The van der Waals surface area contributed by atoms with Gasteiger partial charge in [0.25, 0.3) is 0 Å². The van der Waals surface area contributed by atoms with Crippen LogP contribution in [0.2, 0.25) is 0 Å². The molecule has 2 fully saturated rings. The molecule has 0 aliphatic carbocycles. The molecule has 0 radical (unpaired) electrons. The smallest absolute Gasteiger partial charge is 0.416 e. The molecule has 2 saturated heterocycles. The molecule has 2 amide bonds. The number of halogens is 3. The van der Waals surface area contributed by atoms with E-state index < -0.39 is 17.3 Å². The summed E-state index contributed by atoms with van der Waals surface area (Å²) in [5, 5.41) is 0. The van der Waals surface area contributed by atoms with Gasteiger partial charge in [0, 0.05) is 25.6 Å². The Morgan fingerprint density at radius 3 is 2.45 bits per heavy atom. The maximum atomic E-state index is 13.4. The van der Waals surface area contributed by atoms with Gasteiger partial charge in [-0.15, -0.1) is 0 Å². The quantitative estimate of drug-likeness (QED) is 0.636. The van der Waals surface area contributed by atoms with Crippen LogP contribution in [0.3, 0.4) is 0 Å². The number of aryl methyl sites for hydroxylation is 1. The highest BCUT2D eigenvalue weighted by atomic mass is 19.4. The van der Waals surface area contributed by atoms with Gasteiger partial charge < -0.3 is 19.0 Å². The summed E-state index contributed by atoms with van der Waals surface area (Å²) in [6.45, 7) is 8.24. The number of rotatable bonds is 3. The van der Waals surface area contributed by atoms with Gasteiger partial charge in [-0.1, -0.05) is 19.1 Å². The SMILES string of the molecule is CCc1coc(C2CC(c3ccc(C(F)(F)F)cc3)CN(C(=O)N3CCOC(C)(C)C3)C2)n1. The van der Waals surface area contributed by atoms with E-state index in [-0.39, 0.29) is 17.9 Å². The number of carbonyl (C=O) groups is 1. The van der Waals surface area contributed by atoms with Crippen molar-refractivity contribution < 1.29 is 27.1 Å². The fraction of sp³-hybridized carbons (Fsp3) is 0.583. The first-order chi connectivity index (χ1) is 15.6. The maximum absolute atomic E-state index is 13.4. The number of benzene rings is 1. The summed E-state index contributed by atoms with van der Waals surface area (Å²) in [7, 11) is 0. The van der Waals surface area contributed by atoms with Crippen LogP contribution in [-0.2, 0) is 17.3 Å². The molecular formula is C24H30F3N3O3. The number of morpholine rings is 1. The molecule has 2 aliphatic rings. The third kappa shape index (κ3) is 5.34. The number of carbonyl (C=O) groups excluding carboxylic acids is 1. The number of nitrogens with zero attached hydrogens (tertiary/aromatic N) is 3. The Morgan fingerprint density at radius 1 is 1.15 bits per heavy atom. The molecule has 0 spiro atoms. The molecule has 2 aliphatic heterocycles. The van der Waals surface area contributed by atoms with Crippen molar-refractivity contribution in [3.8, 4) is 0 Å². The lowest BCUT2D eigenvalue weighted by molar-refractivity contribution is -0.137. The molecule has 6 nitrogen and oxygen atoms in total. The molecule has 4 rings (SSSR count). The van der Waals surface area contributed by atoms with Crippen molar-refractivity contribution in [1.29, 1.82) is 0 Å². The number of likely N-dealkylation sites (tertiary alicyclic amines) is 1. The van der Waals surface area contributed by atoms with E-state index >= 15 is 0 Å². The Morgan fingerprint density at radius 2 is 1.85 bits per heavy atom. The number of hydrogen-bond donors (Lipinski definition) is 0. The fourth-order valence-corrected chi connectivity index (χ4v) is 4.67. The summed E-state index contributed by atoms with van der Waals surface area (Å²) in [4.78, 5) is 21.6. The van der Waals surface area contributed by atoms with Crippen LogP contribution >= 0.6 is 0 Å². The Kier molecular flexibility index (Phi) is 6.44. The number of hydrogen-bond acceptors (Lipinski definition) is 4. The molecule has 1 aromatic heterocycles. The van der Waals surface area contributed by atoms with E-state index in [1.165, 1.54) is 12.1 Å². The average molecular weight is 466 g/mol. The maximum Gasteiger partial charge on any atom is 0.416 e. The molecule has 33 heavy (non-hydrogen) atoms. The molecule has 1 aromatic carbocycles. The van der Waals surface area contributed by atoms with Gasteiger partial charge in [0.2, 0.25) is 0 Å². The molecule has 2 atom stereocenters. The highest BCUT2D eigenvalue weighted by molar-refractivity contribution is 5.75. The topological polar surface area (TPSA) is 58.8 Å². The second-order valence-electron chi connectivity index (χ2n) is 9.50. The van der Waals surface area contributed by atoms with Crippen molar-refractivity contribution in [2.45, 2.75) is 57.2 Å². The van der Waals surface area contributed by atoms with Crippen LogP contribution in [0.15, 0.2) is 34.9 Å². The molecular weight excluding hydrogens is 435 g/mol. The van der Waals surface area contributed by atoms with Gasteiger partial charge in [-0.2, -0.15) is 13.2 Å². The highest BCUT2D eigenvalue weighted by Gasteiger charge is 2.38. The lowest BCUT2D eigenvalue weighted by Crippen LogP contribution is -2.56. The summed E-state index contributed by atoms with van der Waals surface area (Å²) >= 11 is 0.